The van der Waals surface area contributed by atoms with E-state index in [1.165, 1.54) is 0 Å². The fraction of sp³-hybridized carbons (Fsp3) is 0.111. The Labute approximate surface area is 133 Å². The van der Waals surface area contributed by atoms with E-state index < -0.39 is 5.91 Å². The lowest BCUT2D eigenvalue weighted by Gasteiger charge is -2.03. The van der Waals surface area contributed by atoms with E-state index >= 15 is 0 Å². The van der Waals surface area contributed by atoms with Crippen molar-refractivity contribution in [2.24, 2.45) is 10.7 Å². The number of ether oxygens (including phenoxy) is 1. The molecule has 0 aliphatic rings. The Hall–Kier alpha value is -3.08. The molecule has 2 aromatic carbocycles. The number of hydrogen-bond acceptors (Lipinski definition) is 4. The van der Waals surface area contributed by atoms with Gasteiger partial charge in [-0.05, 0) is 49.4 Å². The Morgan fingerprint density at radius 2 is 1.87 bits per heavy atom. The van der Waals surface area contributed by atoms with Crippen molar-refractivity contribution in [3.05, 3.63) is 65.2 Å². The Balaban J connectivity index is 2.21. The van der Waals surface area contributed by atoms with Gasteiger partial charge in [0.05, 0.1) is 12.8 Å². The predicted molar refractivity (Wildman–Crippen MR) is 87.7 cm³/mol. The molecule has 0 fully saturated rings. The number of primary amides is 1. The third-order valence-electron chi connectivity index (χ3n) is 3.47. The first kappa shape index (κ1) is 14.8. The van der Waals surface area contributed by atoms with Crippen LogP contribution in [0.1, 0.15) is 15.9 Å². The minimum Gasteiger partial charge on any atom is -0.497 e. The van der Waals surface area contributed by atoms with Crippen molar-refractivity contribution >= 4 is 22.6 Å². The molecule has 0 aliphatic carbocycles. The van der Waals surface area contributed by atoms with Crippen LogP contribution in [0.4, 0.5) is 5.69 Å². The number of aryl methyl sites for hydroxylation is 1. The van der Waals surface area contributed by atoms with Gasteiger partial charge in [0.2, 0.25) is 5.55 Å². The smallest absolute Gasteiger partial charge is 0.254 e. The van der Waals surface area contributed by atoms with Gasteiger partial charge < -0.3 is 14.9 Å². The normalized spacial score (nSPS) is 11.7. The molecule has 23 heavy (non-hydrogen) atoms. The SMILES string of the molecule is COc1ccc(/N=c2\oc3ccc(C)cc3cc2C(N)=O)cc1. The second kappa shape index (κ2) is 5.96. The lowest BCUT2D eigenvalue weighted by molar-refractivity contribution is 0.0996. The summed E-state index contributed by atoms with van der Waals surface area (Å²) in [6.45, 7) is 1.97. The highest BCUT2D eigenvalue weighted by Crippen LogP contribution is 2.19. The van der Waals surface area contributed by atoms with E-state index in [2.05, 4.69) is 4.99 Å². The Kier molecular flexibility index (Phi) is 3.85. The van der Waals surface area contributed by atoms with E-state index in [4.69, 9.17) is 14.9 Å². The molecule has 0 unspecified atom stereocenters. The number of benzene rings is 2. The van der Waals surface area contributed by atoms with Crippen molar-refractivity contribution < 1.29 is 13.9 Å². The second-order valence-corrected chi connectivity index (χ2v) is 5.18. The van der Waals surface area contributed by atoms with Gasteiger partial charge in [-0.15, -0.1) is 0 Å². The number of fused-ring (bicyclic) bond motifs is 1. The van der Waals surface area contributed by atoms with E-state index in [9.17, 15) is 4.79 Å². The monoisotopic (exact) mass is 308 g/mol. The van der Waals surface area contributed by atoms with Gasteiger partial charge >= 0.3 is 0 Å². The molecule has 0 bridgehead atoms. The standard InChI is InChI=1S/C18H16N2O3/c1-11-3-8-16-12(9-11)10-15(17(19)21)18(23-16)20-13-4-6-14(22-2)7-5-13/h3-10H,1-2H3,(H2,19,21)/b20-18-. The van der Waals surface area contributed by atoms with Crippen LogP contribution in [0.3, 0.4) is 0 Å². The highest BCUT2D eigenvalue weighted by molar-refractivity contribution is 5.95. The number of rotatable bonds is 3. The molecule has 2 N–H and O–H groups in total. The van der Waals surface area contributed by atoms with Crippen LogP contribution in [0.2, 0.25) is 0 Å². The van der Waals surface area contributed by atoms with Crippen LogP contribution in [-0.2, 0) is 0 Å². The lowest BCUT2D eigenvalue weighted by atomic mass is 10.1. The van der Waals surface area contributed by atoms with Crippen molar-refractivity contribution in [3.63, 3.8) is 0 Å². The first-order chi connectivity index (χ1) is 11.1. The minimum atomic E-state index is -0.579. The van der Waals surface area contributed by atoms with Crippen LogP contribution in [0.5, 0.6) is 5.75 Å². The first-order valence-corrected chi connectivity index (χ1v) is 7.10. The van der Waals surface area contributed by atoms with E-state index in [-0.39, 0.29) is 11.1 Å². The molecule has 1 aromatic heterocycles. The summed E-state index contributed by atoms with van der Waals surface area (Å²) in [5.74, 6) is 0.148. The number of nitrogens with zero attached hydrogens (tertiary/aromatic N) is 1. The van der Waals surface area contributed by atoms with Crippen LogP contribution in [0, 0.1) is 6.92 Å². The molecule has 116 valence electrons. The van der Waals surface area contributed by atoms with E-state index in [0.717, 1.165) is 16.7 Å². The van der Waals surface area contributed by atoms with Crippen molar-refractivity contribution in [2.45, 2.75) is 6.92 Å². The van der Waals surface area contributed by atoms with Gasteiger partial charge in [-0.1, -0.05) is 11.6 Å². The Morgan fingerprint density at radius 3 is 2.52 bits per heavy atom. The average molecular weight is 308 g/mol. The van der Waals surface area contributed by atoms with Gasteiger partial charge in [-0.25, -0.2) is 4.99 Å². The molecular formula is C18H16N2O3. The number of amides is 1. The summed E-state index contributed by atoms with van der Waals surface area (Å²) in [6.07, 6.45) is 0. The van der Waals surface area contributed by atoms with Gasteiger partial charge in [0.1, 0.15) is 16.9 Å². The van der Waals surface area contributed by atoms with Crippen LogP contribution in [-0.4, -0.2) is 13.0 Å². The molecular weight excluding hydrogens is 292 g/mol. The third-order valence-corrected chi connectivity index (χ3v) is 3.47. The molecule has 0 radical (unpaired) electrons. The molecule has 0 aliphatic heterocycles. The number of methoxy groups -OCH3 is 1. The van der Waals surface area contributed by atoms with E-state index in [1.807, 2.05) is 25.1 Å². The number of hydrogen-bond donors (Lipinski definition) is 1. The van der Waals surface area contributed by atoms with Crippen molar-refractivity contribution in [1.29, 1.82) is 0 Å². The average Bonchev–Trinajstić information content (AvgIpc) is 2.55. The van der Waals surface area contributed by atoms with Crippen LogP contribution >= 0.6 is 0 Å². The summed E-state index contributed by atoms with van der Waals surface area (Å²) in [6, 6.07) is 14.5. The largest absolute Gasteiger partial charge is 0.497 e. The maximum absolute atomic E-state index is 11.7. The van der Waals surface area contributed by atoms with Crippen molar-refractivity contribution in [3.8, 4) is 5.75 Å². The van der Waals surface area contributed by atoms with Gasteiger partial charge in [-0.2, -0.15) is 0 Å². The summed E-state index contributed by atoms with van der Waals surface area (Å²) in [4.78, 5) is 16.1. The Morgan fingerprint density at radius 1 is 1.13 bits per heavy atom. The molecule has 3 aromatic rings. The summed E-state index contributed by atoms with van der Waals surface area (Å²) in [5, 5.41) is 0.812. The molecule has 0 saturated heterocycles. The maximum atomic E-state index is 11.7. The summed E-state index contributed by atoms with van der Waals surface area (Å²) >= 11 is 0. The van der Waals surface area contributed by atoms with Crippen molar-refractivity contribution in [1.82, 2.24) is 0 Å². The molecule has 1 amide bonds. The number of nitrogens with two attached hydrogens (primary N) is 1. The fourth-order valence-electron chi connectivity index (χ4n) is 2.28. The molecule has 5 nitrogen and oxygen atoms in total. The summed E-state index contributed by atoms with van der Waals surface area (Å²) in [7, 11) is 1.60. The van der Waals surface area contributed by atoms with E-state index in [0.29, 0.717) is 11.3 Å². The maximum Gasteiger partial charge on any atom is 0.254 e. The fourth-order valence-corrected chi connectivity index (χ4v) is 2.28. The van der Waals surface area contributed by atoms with Gasteiger partial charge in [0.25, 0.3) is 5.91 Å². The molecule has 1 heterocycles. The molecule has 3 rings (SSSR count). The molecule has 0 spiro atoms. The van der Waals surface area contributed by atoms with Gasteiger partial charge in [0.15, 0.2) is 0 Å². The lowest BCUT2D eigenvalue weighted by Crippen LogP contribution is -2.21. The quantitative estimate of drug-likeness (QED) is 0.807. The van der Waals surface area contributed by atoms with E-state index in [1.54, 1.807) is 37.4 Å². The Bertz CT molecular complexity index is 941. The third kappa shape index (κ3) is 3.08. The first-order valence-electron chi connectivity index (χ1n) is 7.10. The zero-order chi connectivity index (χ0) is 16.4. The molecule has 0 atom stereocenters. The van der Waals surface area contributed by atoms with Crippen LogP contribution in [0.25, 0.3) is 11.0 Å². The summed E-state index contributed by atoms with van der Waals surface area (Å²) in [5.41, 5.74) is 8.27. The minimum absolute atomic E-state index is 0.194. The highest BCUT2D eigenvalue weighted by atomic mass is 16.5. The second-order valence-electron chi connectivity index (χ2n) is 5.18. The highest BCUT2D eigenvalue weighted by Gasteiger charge is 2.09. The number of carbonyl (C=O) groups is 1. The zero-order valence-electron chi connectivity index (χ0n) is 12.9. The molecule has 5 heteroatoms. The van der Waals surface area contributed by atoms with Gasteiger partial charge in [-0.3, -0.25) is 4.79 Å². The van der Waals surface area contributed by atoms with Gasteiger partial charge in [0, 0.05) is 5.39 Å². The topological polar surface area (TPSA) is 77.8 Å². The van der Waals surface area contributed by atoms with Crippen molar-refractivity contribution in [2.75, 3.05) is 7.11 Å². The predicted octanol–water partition coefficient (Wildman–Crippen LogP) is 3.08. The summed E-state index contributed by atoms with van der Waals surface area (Å²) < 4.78 is 10.9. The number of carbonyl (C=O) groups excluding carboxylic acids is 1. The molecule has 0 saturated carbocycles. The van der Waals surface area contributed by atoms with Crippen LogP contribution in [0.15, 0.2) is 57.9 Å². The van der Waals surface area contributed by atoms with Crippen LogP contribution < -0.4 is 16.0 Å². The zero-order valence-corrected chi connectivity index (χ0v) is 12.9.